The molecule has 1 unspecified atom stereocenters. The molecule has 0 saturated carbocycles. The fraction of sp³-hybridized carbons (Fsp3) is 0.611. The van der Waals surface area contributed by atoms with Crippen LogP contribution in [0.25, 0.3) is 0 Å². The van der Waals surface area contributed by atoms with Crippen LogP contribution in [0.15, 0.2) is 12.1 Å². The lowest BCUT2D eigenvalue weighted by molar-refractivity contribution is -0.121. The second-order valence-corrected chi connectivity index (χ2v) is 7.06. The average Bonchev–Trinajstić information content (AvgIpc) is 2.73. The van der Waals surface area contributed by atoms with Crippen LogP contribution >= 0.6 is 11.6 Å². The first kappa shape index (κ1) is 19.0. The van der Waals surface area contributed by atoms with E-state index in [-0.39, 0.29) is 12.5 Å². The van der Waals surface area contributed by atoms with Gasteiger partial charge in [0, 0.05) is 18.6 Å². The second-order valence-electron chi connectivity index (χ2n) is 6.69. The molecule has 24 heavy (non-hydrogen) atoms. The standard InChI is InChI=1S/C18H27ClN2O3/c1-13-9-15(10-14(2)17(13)19)24-12-18(23)5-4-7-21(8-6-18)11-16(22)20-3/h9-10,23H,4-8,11-12H2,1-3H3,(H,20,22). The van der Waals surface area contributed by atoms with Gasteiger partial charge in [-0.05, 0) is 62.9 Å². The molecule has 6 heteroatoms. The van der Waals surface area contributed by atoms with Gasteiger partial charge < -0.3 is 15.2 Å². The number of ether oxygens (including phenoxy) is 1. The smallest absolute Gasteiger partial charge is 0.233 e. The van der Waals surface area contributed by atoms with E-state index in [1.54, 1.807) is 7.05 Å². The Morgan fingerprint density at radius 2 is 2.00 bits per heavy atom. The van der Waals surface area contributed by atoms with E-state index < -0.39 is 5.60 Å². The van der Waals surface area contributed by atoms with Gasteiger partial charge in [-0.1, -0.05) is 11.6 Å². The molecule has 1 aromatic rings. The molecule has 1 saturated heterocycles. The highest BCUT2D eigenvalue weighted by molar-refractivity contribution is 6.32. The first-order valence-corrected chi connectivity index (χ1v) is 8.76. The molecule has 0 radical (unpaired) electrons. The summed E-state index contributed by atoms with van der Waals surface area (Å²) in [4.78, 5) is 13.6. The van der Waals surface area contributed by atoms with E-state index in [2.05, 4.69) is 10.2 Å². The monoisotopic (exact) mass is 354 g/mol. The third-order valence-electron chi connectivity index (χ3n) is 4.57. The Hall–Kier alpha value is -1.30. The van der Waals surface area contributed by atoms with Crippen LogP contribution in [-0.2, 0) is 4.79 Å². The summed E-state index contributed by atoms with van der Waals surface area (Å²) < 4.78 is 5.85. The predicted molar refractivity (Wildman–Crippen MR) is 95.7 cm³/mol. The number of hydrogen-bond donors (Lipinski definition) is 2. The lowest BCUT2D eigenvalue weighted by Crippen LogP contribution is -2.39. The molecule has 2 rings (SSSR count). The van der Waals surface area contributed by atoms with Crippen molar-refractivity contribution in [2.24, 2.45) is 0 Å². The minimum Gasteiger partial charge on any atom is -0.491 e. The Morgan fingerprint density at radius 3 is 2.62 bits per heavy atom. The van der Waals surface area contributed by atoms with E-state index in [4.69, 9.17) is 16.3 Å². The number of nitrogens with one attached hydrogen (secondary N) is 1. The topological polar surface area (TPSA) is 61.8 Å². The Morgan fingerprint density at radius 1 is 1.33 bits per heavy atom. The summed E-state index contributed by atoms with van der Waals surface area (Å²) >= 11 is 6.17. The van der Waals surface area contributed by atoms with Gasteiger partial charge in [0.2, 0.25) is 5.91 Å². The molecular formula is C18H27ClN2O3. The van der Waals surface area contributed by atoms with E-state index in [0.29, 0.717) is 25.9 Å². The van der Waals surface area contributed by atoms with E-state index in [9.17, 15) is 9.90 Å². The number of likely N-dealkylation sites (N-methyl/N-ethyl adjacent to an activating group) is 1. The molecule has 0 aromatic heterocycles. The molecule has 0 aliphatic carbocycles. The van der Waals surface area contributed by atoms with Crippen molar-refractivity contribution >= 4 is 17.5 Å². The molecule has 1 amide bonds. The van der Waals surface area contributed by atoms with Crippen molar-refractivity contribution in [2.75, 3.05) is 33.3 Å². The van der Waals surface area contributed by atoms with Gasteiger partial charge in [0.15, 0.2) is 0 Å². The molecule has 1 aliphatic rings. The molecular weight excluding hydrogens is 328 g/mol. The van der Waals surface area contributed by atoms with Crippen LogP contribution in [0, 0.1) is 13.8 Å². The SMILES string of the molecule is CNC(=O)CN1CCCC(O)(COc2cc(C)c(Cl)c(C)c2)CC1. The number of amides is 1. The number of benzene rings is 1. The van der Waals surface area contributed by atoms with Gasteiger partial charge in [0.25, 0.3) is 0 Å². The van der Waals surface area contributed by atoms with Crippen molar-refractivity contribution in [3.8, 4) is 5.75 Å². The lowest BCUT2D eigenvalue weighted by atomic mass is 9.96. The molecule has 1 fully saturated rings. The molecule has 0 bridgehead atoms. The van der Waals surface area contributed by atoms with Crippen molar-refractivity contribution in [2.45, 2.75) is 38.7 Å². The number of nitrogens with zero attached hydrogens (tertiary/aromatic N) is 1. The zero-order valence-electron chi connectivity index (χ0n) is 14.7. The summed E-state index contributed by atoms with van der Waals surface area (Å²) in [5.41, 5.74) is 1.08. The fourth-order valence-corrected chi connectivity index (χ4v) is 3.14. The van der Waals surface area contributed by atoms with Crippen LogP contribution in [0.4, 0.5) is 0 Å². The summed E-state index contributed by atoms with van der Waals surface area (Å²) in [5, 5.41) is 14.2. The third-order valence-corrected chi connectivity index (χ3v) is 5.17. The minimum absolute atomic E-state index is 0.00352. The summed E-state index contributed by atoms with van der Waals surface area (Å²) in [6, 6.07) is 3.79. The van der Waals surface area contributed by atoms with Gasteiger partial charge in [-0.25, -0.2) is 0 Å². The van der Waals surface area contributed by atoms with Gasteiger partial charge in [-0.3, -0.25) is 9.69 Å². The highest BCUT2D eigenvalue weighted by atomic mass is 35.5. The van der Waals surface area contributed by atoms with Gasteiger partial charge >= 0.3 is 0 Å². The summed E-state index contributed by atoms with van der Waals surface area (Å²) in [6.07, 6.45) is 2.11. The third kappa shape index (κ3) is 5.10. The largest absolute Gasteiger partial charge is 0.491 e. The zero-order valence-corrected chi connectivity index (χ0v) is 15.4. The van der Waals surface area contributed by atoms with Crippen molar-refractivity contribution < 1.29 is 14.6 Å². The van der Waals surface area contributed by atoms with E-state index in [1.807, 2.05) is 26.0 Å². The highest BCUT2D eigenvalue weighted by Gasteiger charge is 2.31. The molecule has 1 atom stereocenters. The fourth-order valence-electron chi connectivity index (χ4n) is 3.03. The molecule has 134 valence electrons. The van der Waals surface area contributed by atoms with Gasteiger partial charge in [0.1, 0.15) is 12.4 Å². The van der Waals surface area contributed by atoms with Crippen LogP contribution in [-0.4, -0.2) is 54.8 Å². The van der Waals surface area contributed by atoms with Gasteiger partial charge in [-0.15, -0.1) is 0 Å². The van der Waals surface area contributed by atoms with Crippen LogP contribution in [0.3, 0.4) is 0 Å². The summed E-state index contributed by atoms with van der Waals surface area (Å²) in [7, 11) is 1.64. The number of aliphatic hydroxyl groups is 1. The summed E-state index contributed by atoms with van der Waals surface area (Å²) in [6.45, 7) is 6.02. The Balaban J connectivity index is 1.93. The van der Waals surface area contributed by atoms with Crippen molar-refractivity contribution in [1.82, 2.24) is 10.2 Å². The Bertz CT molecular complexity index is 571. The molecule has 1 heterocycles. The number of likely N-dealkylation sites (tertiary alicyclic amines) is 1. The molecule has 0 spiro atoms. The molecule has 2 N–H and O–H groups in total. The number of carbonyl (C=O) groups excluding carboxylic acids is 1. The minimum atomic E-state index is -0.862. The zero-order chi connectivity index (χ0) is 17.7. The predicted octanol–water partition coefficient (Wildman–Crippen LogP) is 2.30. The Kier molecular flexibility index (Phi) is 6.49. The maximum absolute atomic E-state index is 11.5. The first-order valence-electron chi connectivity index (χ1n) is 8.38. The normalized spacial score (nSPS) is 22.0. The highest BCUT2D eigenvalue weighted by Crippen LogP contribution is 2.28. The Labute approximate surface area is 148 Å². The van der Waals surface area contributed by atoms with Crippen LogP contribution in [0.2, 0.25) is 5.02 Å². The van der Waals surface area contributed by atoms with Crippen molar-refractivity contribution in [3.05, 3.63) is 28.3 Å². The van der Waals surface area contributed by atoms with Crippen molar-refractivity contribution in [3.63, 3.8) is 0 Å². The number of hydrogen-bond acceptors (Lipinski definition) is 4. The number of carbonyl (C=O) groups is 1. The number of rotatable bonds is 5. The number of aryl methyl sites for hydroxylation is 2. The van der Waals surface area contributed by atoms with Crippen LogP contribution in [0.5, 0.6) is 5.75 Å². The maximum atomic E-state index is 11.5. The van der Waals surface area contributed by atoms with Crippen molar-refractivity contribution in [1.29, 1.82) is 0 Å². The second kappa shape index (κ2) is 8.19. The van der Waals surface area contributed by atoms with Crippen LogP contribution in [0.1, 0.15) is 30.4 Å². The van der Waals surface area contributed by atoms with Crippen LogP contribution < -0.4 is 10.1 Å². The van der Waals surface area contributed by atoms with E-state index >= 15 is 0 Å². The van der Waals surface area contributed by atoms with Gasteiger partial charge in [-0.2, -0.15) is 0 Å². The first-order chi connectivity index (χ1) is 11.3. The maximum Gasteiger partial charge on any atom is 0.233 e. The van der Waals surface area contributed by atoms with Gasteiger partial charge in [0.05, 0.1) is 12.1 Å². The molecule has 5 nitrogen and oxygen atoms in total. The lowest BCUT2D eigenvalue weighted by Gasteiger charge is -2.27. The van der Waals surface area contributed by atoms with E-state index in [0.717, 1.165) is 34.9 Å². The molecule has 1 aromatic carbocycles. The quantitative estimate of drug-likeness (QED) is 0.851. The summed E-state index contributed by atoms with van der Waals surface area (Å²) in [5.74, 6) is 0.734. The number of halogens is 1. The molecule has 1 aliphatic heterocycles. The van der Waals surface area contributed by atoms with E-state index in [1.165, 1.54) is 0 Å². The average molecular weight is 355 g/mol.